The fourth-order valence-corrected chi connectivity index (χ4v) is 3.92. The number of rotatable bonds is 6. The molecule has 0 saturated carbocycles. The van der Waals surface area contributed by atoms with Crippen LogP contribution < -0.4 is 24.8 Å². The van der Waals surface area contributed by atoms with E-state index in [0.717, 1.165) is 16.0 Å². The second kappa shape index (κ2) is 8.94. The van der Waals surface area contributed by atoms with Gasteiger partial charge in [-0.1, -0.05) is 12.1 Å². The van der Waals surface area contributed by atoms with E-state index >= 15 is 0 Å². The molecule has 4 rings (SSSR count). The molecule has 9 nitrogen and oxygen atoms in total. The normalized spacial score (nSPS) is 12.4. The van der Waals surface area contributed by atoms with Crippen LogP contribution in [0.25, 0.3) is 0 Å². The number of carboxylic acids is 1. The zero-order valence-electron chi connectivity index (χ0n) is 19.4. The van der Waals surface area contributed by atoms with E-state index in [2.05, 4.69) is 5.32 Å². The van der Waals surface area contributed by atoms with E-state index in [0.29, 0.717) is 5.69 Å². The topological polar surface area (TPSA) is 125 Å². The summed E-state index contributed by atoms with van der Waals surface area (Å²) in [6, 6.07) is 11.9. The number of hydrogen-bond acceptors (Lipinski definition) is 7. The van der Waals surface area contributed by atoms with Gasteiger partial charge in [-0.25, -0.2) is 4.90 Å². The lowest BCUT2D eigenvalue weighted by Gasteiger charge is -2.17. The highest BCUT2D eigenvalue weighted by atomic mass is 16.5. The molecule has 1 aliphatic rings. The molecule has 9 heteroatoms. The maximum atomic E-state index is 13.2. The molecule has 3 amide bonds. The number of hydrogen-bond donors (Lipinski definition) is 1. The number of aryl methyl sites for hydroxylation is 1. The SMILES string of the molecule is COc1cc(NC(=O)c2ccc3c(c2)C(=O)N(c2cccc(C)c2C)C3=O)c(C(=O)[O-])cc1OC. The summed E-state index contributed by atoms with van der Waals surface area (Å²) < 4.78 is 10.3. The van der Waals surface area contributed by atoms with Gasteiger partial charge in [-0.3, -0.25) is 14.4 Å². The summed E-state index contributed by atoms with van der Waals surface area (Å²) in [5.74, 6) is -2.89. The summed E-state index contributed by atoms with van der Waals surface area (Å²) >= 11 is 0. The van der Waals surface area contributed by atoms with Crippen molar-refractivity contribution in [2.24, 2.45) is 0 Å². The molecule has 3 aromatic rings. The average Bonchev–Trinajstić information content (AvgIpc) is 3.09. The third-order valence-corrected chi connectivity index (χ3v) is 5.96. The monoisotopic (exact) mass is 473 g/mol. The number of ether oxygens (including phenoxy) is 2. The number of anilines is 2. The van der Waals surface area contributed by atoms with Crippen molar-refractivity contribution in [3.05, 3.63) is 81.9 Å². The summed E-state index contributed by atoms with van der Waals surface area (Å²) in [7, 11) is 2.71. The van der Waals surface area contributed by atoms with Crippen molar-refractivity contribution >= 4 is 35.1 Å². The maximum Gasteiger partial charge on any atom is 0.266 e. The van der Waals surface area contributed by atoms with Crippen molar-refractivity contribution in [2.45, 2.75) is 13.8 Å². The molecule has 0 unspecified atom stereocenters. The quantitative estimate of drug-likeness (QED) is 0.546. The highest BCUT2D eigenvalue weighted by Crippen LogP contribution is 2.34. The largest absolute Gasteiger partial charge is 0.545 e. The molecule has 0 aromatic heterocycles. The number of nitrogens with one attached hydrogen (secondary N) is 1. The van der Waals surface area contributed by atoms with Gasteiger partial charge in [0, 0.05) is 17.2 Å². The lowest BCUT2D eigenvalue weighted by atomic mass is 10.0. The third-order valence-electron chi connectivity index (χ3n) is 5.96. The second-order valence-electron chi connectivity index (χ2n) is 7.92. The third kappa shape index (κ3) is 3.97. The van der Waals surface area contributed by atoms with Crippen LogP contribution in [0.15, 0.2) is 48.5 Å². The van der Waals surface area contributed by atoms with Gasteiger partial charge >= 0.3 is 0 Å². The molecule has 1 aliphatic heterocycles. The molecule has 0 aliphatic carbocycles. The van der Waals surface area contributed by atoms with Crippen LogP contribution in [0.4, 0.5) is 11.4 Å². The first-order chi connectivity index (χ1) is 16.7. The minimum Gasteiger partial charge on any atom is -0.545 e. The summed E-state index contributed by atoms with van der Waals surface area (Å²) in [5, 5.41) is 14.1. The predicted molar refractivity (Wildman–Crippen MR) is 125 cm³/mol. The van der Waals surface area contributed by atoms with Gasteiger partial charge in [0.2, 0.25) is 0 Å². The van der Waals surface area contributed by atoms with Gasteiger partial charge < -0.3 is 24.7 Å². The molecule has 35 heavy (non-hydrogen) atoms. The van der Waals surface area contributed by atoms with Crippen molar-refractivity contribution in [3.8, 4) is 11.5 Å². The summed E-state index contributed by atoms with van der Waals surface area (Å²) in [6.45, 7) is 3.71. The van der Waals surface area contributed by atoms with Crippen LogP contribution in [0.5, 0.6) is 11.5 Å². The van der Waals surface area contributed by atoms with Crippen LogP contribution in [-0.2, 0) is 0 Å². The van der Waals surface area contributed by atoms with Crippen LogP contribution in [-0.4, -0.2) is 37.9 Å². The molecule has 1 N–H and O–H groups in total. The summed E-state index contributed by atoms with van der Waals surface area (Å²) in [6.07, 6.45) is 0. The number of methoxy groups -OCH3 is 2. The highest BCUT2D eigenvalue weighted by molar-refractivity contribution is 6.35. The number of carbonyl (C=O) groups excluding carboxylic acids is 4. The molecular weight excluding hydrogens is 452 g/mol. The van der Waals surface area contributed by atoms with Crippen LogP contribution in [0.3, 0.4) is 0 Å². The van der Waals surface area contributed by atoms with Gasteiger partial charge in [0.15, 0.2) is 11.5 Å². The van der Waals surface area contributed by atoms with Gasteiger partial charge in [-0.2, -0.15) is 0 Å². The lowest BCUT2D eigenvalue weighted by Crippen LogP contribution is -2.30. The Morgan fingerprint density at radius 2 is 1.54 bits per heavy atom. The van der Waals surface area contributed by atoms with Gasteiger partial charge in [-0.15, -0.1) is 0 Å². The van der Waals surface area contributed by atoms with Gasteiger partial charge in [0.25, 0.3) is 17.7 Å². The van der Waals surface area contributed by atoms with E-state index in [1.165, 1.54) is 44.6 Å². The first-order valence-corrected chi connectivity index (χ1v) is 10.6. The Kier molecular flexibility index (Phi) is 6.00. The van der Waals surface area contributed by atoms with Gasteiger partial charge in [-0.05, 0) is 55.3 Å². The number of nitrogens with zero attached hydrogens (tertiary/aromatic N) is 1. The van der Waals surface area contributed by atoms with E-state index < -0.39 is 23.7 Å². The fraction of sp³-hybridized carbons (Fsp3) is 0.154. The minimum absolute atomic E-state index is 0.0618. The number of aromatic carboxylic acids is 1. The molecular formula is C26H21N2O7-. The van der Waals surface area contributed by atoms with Crippen molar-refractivity contribution < 1.29 is 33.8 Å². The number of amides is 3. The Labute approximate surface area is 200 Å². The first kappa shape index (κ1) is 23.5. The van der Waals surface area contributed by atoms with Crippen molar-refractivity contribution in [2.75, 3.05) is 24.4 Å². The zero-order chi connectivity index (χ0) is 25.4. The predicted octanol–water partition coefficient (Wildman–Crippen LogP) is 2.74. The molecule has 0 fully saturated rings. The average molecular weight is 473 g/mol. The molecule has 0 bridgehead atoms. The van der Waals surface area contributed by atoms with E-state index in [4.69, 9.17) is 9.47 Å². The lowest BCUT2D eigenvalue weighted by molar-refractivity contribution is -0.254. The Hall–Kier alpha value is -4.66. The highest BCUT2D eigenvalue weighted by Gasteiger charge is 2.38. The Balaban J connectivity index is 1.68. The van der Waals surface area contributed by atoms with E-state index in [1.807, 2.05) is 19.9 Å². The molecule has 3 aromatic carbocycles. The molecule has 0 saturated heterocycles. The number of benzene rings is 3. The van der Waals surface area contributed by atoms with Crippen molar-refractivity contribution in [1.29, 1.82) is 0 Å². The van der Waals surface area contributed by atoms with Gasteiger partial charge in [0.05, 0.1) is 42.7 Å². The van der Waals surface area contributed by atoms with E-state index in [9.17, 15) is 24.3 Å². The van der Waals surface area contributed by atoms with Gasteiger partial charge in [0.1, 0.15) is 0 Å². The number of fused-ring (bicyclic) bond motifs is 1. The summed E-state index contributed by atoms with van der Waals surface area (Å²) in [4.78, 5) is 51.8. The summed E-state index contributed by atoms with van der Waals surface area (Å²) in [5.41, 5.74) is 2.13. The van der Waals surface area contributed by atoms with E-state index in [1.54, 1.807) is 12.1 Å². The molecule has 0 atom stereocenters. The molecule has 178 valence electrons. The number of carboxylic acid groups (broad SMARTS) is 1. The second-order valence-corrected chi connectivity index (χ2v) is 7.92. The van der Waals surface area contributed by atoms with Crippen LogP contribution >= 0.6 is 0 Å². The molecule has 1 heterocycles. The van der Waals surface area contributed by atoms with Crippen molar-refractivity contribution in [3.63, 3.8) is 0 Å². The maximum absolute atomic E-state index is 13.2. The molecule has 0 spiro atoms. The Morgan fingerprint density at radius 1 is 0.886 bits per heavy atom. The standard InChI is InChI=1S/C26H22N2O7/c1-13-6-5-7-20(14(13)2)28-24(30)16-9-8-15(10-17(16)25(28)31)23(29)27-19-12-22(35-4)21(34-3)11-18(19)26(32)33/h5-12H,1-4H3,(H,27,29)(H,32,33)/p-1. The Morgan fingerprint density at radius 3 is 2.20 bits per heavy atom. The zero-order valence-corrected chi connectivity index (χ0v) is 19.4. The molecule has 0 radical (unpaired) electrons. The van der Waals surface area contributed by atoms with Crippen LogP contribution in [0.2, 0.25) is 0 Å². The van der Waals surface area contributed by atoms with Crippen molar-refractivity contribution in [1.82, 2.24) is 0 Å². The number of carbonyl (C=O) groups is 4. The first-order valence-electron chi connectivity index (χ1n) is 10.6. The Bertz CT molecular complexity index is 1410. The smallest absolute Gasteiger partial charge is 0.266 e. The van der Waals surface area contributed by atoms with Crippen LogP contribution in [0, 0.1) is 13.8 Å². The van der Waals surface area contributed by atoms with Crippen LogP contribution in [0.1, 0.15) is 52.6 Å². The van der Waals surface area contributed by atoms with E-state index in [-0.39, 0.29) is 39.4 Å². The number of imide groups is 1. The minimum atomic E-state index is -1.53. The fourth-order valence-electron chi connectivity index (χ4n) is 3.92.